The van der Waals surface area contributed by atoms with Gasteiger partial charge >= 0.3 is 5.97 Å². The van der Waals surface area contributed by atoms with E-state index in [4.69, 9.17) is 4.74 Å². The Kier molecular flexibility index (Phi) is 9.77. The first-order valence-electron chi connectivity index (χ1n) is 10.0. The number of carbonyl (C=O) groups excluding carboxylic acids is 1. The Morgan fingerprint density at radius 2 is 1.74 bits per heavy atom. The zero-order valence-corrected chi connectivity index (χ0v) is 17.3. The van der Waals surface area contributed by atoms with Crippen molar-refractivity contribution in [3.8, 4) is 16.3 Å². The highest BCUT2D eigenvalue weighted by atomic mass is 32.1. The summed E-state index contributed by atoms with van der Waals surface area (Å²) < 4.78 is 5.29. The topological polar surface area (TPSA) is 52.1 Å². The number of esters is 1. The lowest BCUT2D eigenvalue weighted by molar-refractivity contribution is -0.129. The molecule has 0 amide bonds. The van der Waals surface area contributed by atoms with E-state index in [1.54, 1.807) is 23.5 Å². The Morgan fingerprint density at radius 1 is 1.00 bits per heavy atom. The molecule has 0 aliphatic carbocycles. The quantitative estimate of drug-likeness (QED) is 0.184. The van der Waals surface area contributed by atoms with Crippen LogP contribution in [0.15, 0.2) is 36.4 Å². The van der Waals surface area contributed by atoms with Gasteiger partial charge in [-0.25, -0.2) is 4.79 Å². The Balaban J connectivity index is 1.81. The van der Waals surface area contributed by atoms with Crippen molar-refractivity contribution in [3.63, 3.8) is 0 Å². The number of aryl methyl sites for hydroxylation is 1. The summed E-state index contributed by atoms with van der Waals surface area (Å²) in [5.41, 5.74) is 1.00. The lowest BCUT2D eigenvalue weighted by Gasteiger charge is -2.02. The molecule has 2 aromatic rings. The first kappa shape index (κ1) is 21.3. The monoisotopic (exact) mass is 386 g/mol. The predicted octanol–water partition coefficient (Wildman–Crippen LogP) is 6.37. The summed E-state index contributed by atoms with van der Waals surface area (Å²) >= 11 is 1.65. The van der Waals surface area contributed by atoms with Gasteiger partial charge in [0.25, 0.3) is 0 Å². The van der Waals surface area contributed by atoms with E-state index in [-0.39, 0.29) is 5.97 Å². The molecule has 0 saturated heterocycles. The van der Waals surface area contributed by atoms with Crippen molar-refractivity contribution in [3.05, 3.63) is 41.4 Å². The maximum Gasteiger partial charge on any atom is 0.335 e. The Morgan fingerprint density at radius 3 is 2.48 bits per heavy atom. The molecule has 0 saturated carbocycles. The summed E-state index contributed by atoms with van der Waals surface area (Å²) in [7, 11) is 0. The minimum absolute atomic E-state index is 0.340. The van der Waals surface area contributed by atoms with Gasteiger partial charge in [-0.15, -0.1) is 10.2 Å². The molecule has 0 N–H and O–H groups in total. The molecule has 0 atom stereocenters. The van der Waals surface area contributed by atoms with Crippen molar-refractivity contribution < 1.29 is 9.53 Å². The van der Waals surface area contributed by atoms with Crippen molar-refractivity contribution >= 4 is 17.3 Å². The van der Waals surface area contributed by atoms with Crippen LogP contribution in [0.25, 0.3) is 10.6 Å². The first-order valence-corrected chi connectivity index (χ1v) is 10.9. The van der Waals surface area contributed by atoms with Crippen LogP contribution in [-0.2, 0) is 11.2 Å². The van der Waals surface area contributed by atoms with E-state index in [1.165, 1.54) is 44.6 Å². The fourth-order valence-electron chi connectivity index (χ4n) is 2.69. The molecule has 2 rings (SSSR count). The van der Waals surface area contributed by atoms with Crippen LogP contribution >= 0.6 is 11.3 Å². The van der Waals surface area contributed by atoms with E-state index < -0.39 is 0 Å². The third-order valence-electron chi connectivity index (χ3n) is 4.24. The van der Waals surface area contributed by atoms with Gasteiger partial charge in [-0.3, -0.25) is 0 Å². The third-order valence-corrected chi connectivity index (χ3v) is 5.27. The van der Waals surface area contributed by atoms with Crippen molar-refractivity contribution in [1.29, 1.82) is 0 Å². The molecule has 27 heavy (non-hydrogen) atoms. The van der Waals surface area contributed by atoms with Crippen molar-refractivity contribution in [2.45, 2.75) is 71.6 Å². The van der Waals surface area contributed by atoms with Crippen LogP contribution < -0.4 is 4.74 Å². The standard InChI is InChI=1S/C22H30N2O2S/c1-3-5-7-8-9-11-12-20-23-24-22(27-20)18-14-16-19(17-15-18)26-21(25)13-10-6-4-2/h10,13-17H,3-9,11-12H2,1-2H3/b13-10+. The molecule has 0 radical (unpaired) electrons. The number of nitrogens with zero attached hydrogens (tertiary/aromatic N) is 2. The van der Waals surface area contributed by atoms with Crippen LogP contribution in [0.2, 0.25) is 0 Å². The van der Waals surface area contributed by atoms with E-state index in [1.807, 2.05) is 18.2 Å². The summed E-state index contributed by atoms with van der Waals surface area (Å²) in [5.74, 6) is 0.204. The van der Waals surface area contributed by atoms with Gasteiger partial charge < -0.3 is 4.74 Å². The number of unbranched alkanes of at least 4 members (excludes halogenated alkanes) is 6. The van der Waals surface area contributed by atoms with Gasteiger partial charge in [0.2, 0.25) is 0 Å². The smallest absolute Gasteiger partial charge is 0.335 e. The fourth-order valence-corrected chi connectivity index (χ4v) is 3.58. The van der Waals surface area contributed by atoms with Crippen LogP contribution in [0.4, 0.5) is 0 Å². The molecule has 0 bridgehead atoms. The number of carbonyl (C=O) groups is 1. The van der Waals surface area contributed by atoms with Crippen LogP contribution in [0.5, 0.6) is 5.75 Å². The first-order chi connectivity index (χ1) is 13.2. The minimum Gasteiger partial charge on any atom is -0.423 e. The van der Waals surface area contributed by atoms with Gasteiger partial charge in [-0.2, -0.15) is 0 Å². The highest BCUT2D eigenvalue weighted by molar-refractivity contribution is 7.14. The van der Waals surface area contributed by atoms with Gasteiger partial charge in [-0.1, -0.05) is 69.8 Å². The summed E-state index contributed by atoms with van der Waals surface area (Å²) in [6, 6.07) is 7.45. The lowest BCUT2D eigenvalue weighted by atomic mass is 10.1. The number of allylic oxidation sites excluding steroid dienone is 1. The average molecular weight is 387 g/mol. The molecule has 1 aromatic carbocycles. The molecule has 5 heteroatoms. The van der Waals surface area contributed by atoms with E-state index in [9.17, 15) is 4.79 Å². The zero-order chi connectivity index (χ0) is 19.3. The number of aromatic nitrogens is 2. The van der Waals surface area contributed by atoms with Crippen molar-refractivity contribution in [2.24, 2.45) is 0 Å². The van der Waals surface area contributed by atoms with Crippen molar-refractivity contribution in [2.75, 3.05) is 0 Å². The van der Waals surface area contributed by atoms with Gasteiger partial charge in [0.1, 0.15) is 15.8 Å². The summed E-state index contributed by atoms with van der Waals surface area (Å²) in [6.45, 7) is 4.31. The number of rotatable bonds is 12. The van der Waals surface area contributed by atoms with Crippen molar-refractivity contribution in [1.82, 2.24) is 10.2 Å². The van der Waals surface area contributed by atoms with Crippen LogP contribution in [0.1, 0.15) is 70.2 Å². The molecule has 146 valence electrons. The molecule has 0 spiro atoms. The van der Waals surface area contributed by atoms with Gasteiger partial charge in [-0.05, 0) is 37.1 Å². The third kappa shape index (κ3) is 8.04. The molecule has 0 aliphatic heterocycles. The molecule has 0 fully saturated rings. The molecule has 4 nitrogen and oxygen atoms in total. The average Bonchev–Trinajstić information content (AvgIpc) is 3.14. The second kappa shape index (κ2) is 12.4. The number of ether oxygens (including phenoxy) is 1. The Hall–Kier alpha value is -2.01. The molecule has 1 aromatic heterocycles. The van der Waals surface area contributed by atoms with E-state index in [0.29, 0.717) is 5.75 Å². The fraction of sp³-hybridized carbons (Fsp3) is 0.500. The number of hydrogen-bond donors (Lipinski definition) is 0. The summed E-state index contributed by atoms with van der Waals surface area (Å²) in [4.78, 5) is 11.7. The van der Waals surface area contributed by atoms with Crippen LogP contribution in [-0.4, -0.2) is 16.2 Å². The maximum absolute atomic E-state index is 11.7. The SMILES string of the molecule is CCC/C=C/C(=O)Oc1ccc(-c2nnc(CCCCCCCC)s2)cc1. The Labute approximate surface area is 166 Å². The molecule has 0 aliphatic rings. The molecular formula is C22H30N2O2S. The van der Waals surface area contributed by atoms with Gasteiger partial charge in [0.05, 0.1) is 0 Å². The highest BCUT2D eigenvalue weighted by Gasteiger charge is 2.08. The van der Waals surface area contributed by atoms with Crippen LogP contribution in [0, 0.1) is 0 Å². The Bertz CT molecular complexity index is 707. The van der Waals surface area contributed by atoms with E-state index in [2.05, 4.69) is 24.0 Å². The van der Waals surface area contributed by atoms with Gasteiger partial charge in [0, 0.05) is 18.1 Å². The maximum atomic E-state index is 11.7. The normalized spacial score (nSPS) is 11.2. The van der Waals surface area contributed by atoms with Crippen LogP contribution in [0.3, 0.4) is 0 Å². The number of hydrogen-bond acceptors (Lipinski definition) is 5. The summed E-state index contributed by atoms with van der Waals surface area (Å²) in [5, 5.41) is 10.6. The lowest BCUT2D eigenvalue weighted by Crippen LogP contribution is -2.03. The van der Waals surface area contributed by atoms with E-state index in [0.717, 1.165) is 34.8 Å². The second-order valence-electron chi connectivity index (χ2n) is 6.66. The predicted molar refractivity (Wildman–Crippen MR) is 112 cm³/mol. The van der Waals surface area contributed by atoms with E-state index >= 15 is 0 Å². The largest absolute Gasteiger partial charge is 0.423 e. The minimum atomic E-state index is -0.340. The zero-order valence-electron chi connectivity index (χ0n) is 16.4. The molecule has 0 unspecified atom stereocenters. The molecule has 1 heterocycles. The summed E-state index contributed by atoms with van der Waals surface area (Å²) in [6.07, 6.45) is 13.9. The van der Waals surface area contributed by atoms with Gasteiger partial charge in [0.15, 0.2) is 0 Å². The second-order valence-corrected chi connectivity index (χ2v) is 7.72. The molecular weight excluding hydrogens is 356 g/mol. The highest BCUT2D eigenvalue weighted by Crippen LogP contribution is 2.26. The number of benzene rings is 1.